The number of nitrogens with two attached hydrogens (primary N) is 1. The van der Waals surface area contributed by atoms with Crippen LogP contribution in [-0.2, 0) is 0 Å². The number of carbonyl (C=O) groups is 1. The molecule has 0 aromatic rings. The Hall–Kier alpha value is -1.32. The largest absolute Gasteiger partial charge is 0.350 e. The molecule has 0 saturated carbocycles. The second-order valence-corrected chi connectivity index (χ2v) is 3.90. The minimum Gasteiger partial charge on any atom is -0.350 e. The van der Waals surface area contributed by atoms with Crippen LogP contribution in [0.3, 0.4) is 0 Å². The number of amides is 2. The molecule has 0 saturated heterocycles. The Bertz CT molecular complexity index is 305. The van der Waals surface area contributed by atoms with Gasteiger partial charge in [0.05, 0.1) is 5.71 Å². The fourth-order valence-corrected chi connectivity index (χ4v) is 1.81. The first kappa shape index (κ1) is 11.8. The van der Waals surface area contributed by atoms with Gasteiger partial charge in [-0.1, -0.05) is 18.9 Å². The SMILES string of the molecule is CCCCC1=C(C)CCC1=NNC(N)=O. The highest BCUT2D eigenvalue weighted by Crippen LogP contribution is 2.27. The molecule has 3 N–H and O–H groups in total. The number of nitrogens with one attached hydrogen (secondary N) is 1. The summed E-state index contributed by atoms with van der Waals surface area (Å²) in [6.45, 7) is 4.31. The van der Waals surface area contributed by atoms with E-state index in [4.69, 9.17) is 5.73 Å². The van der Waals surface area contributed by atoms with Gasteiger partial charge in [-0.3, -0.25) is 0 Å². The zero-order valence-corrected chi connectivity index (χ0v) is 9.47. The van der Waals surface area contributed by atoms with Crippen molar-refractivity contribution in [2.75, 3.05) is 0 Å². The number of urea groups is 1. The summed E-state index contributed by atoms with van der Waals surface area (Å²) < 4.78 is 0. The predicted octanol–water partition coefficient (Wildman–Crippen LogP) is 2.31. The highest BCUT2D eigenvalue weighted by molar-refractivity contribution is 6.03. The number of primary amides is 1. The highest BCUT2D eigenvalue weighted by Gasteiger charge is 2.17. The Morgan fingerprint density at radius 2 is 2.27 bits per heavy atom. The number of nitrogens with zero attached hydrogens (tertiary/aromatic N) is 1. The van der Waals surface area contributed by atoms with Crippen molar-refractivity contribution in [3.8, 4) is 0 Å². The molecule has 0 fully saturated rings. The maximum atomic E-state index is 10.5. The molecular formula is C11H19N3O. The van der Waals surface area contributed by atoms with Crippen LogP contribution >= 0.6 is 0 Å². The van der Waals surface area contributed by atoms with Crippen molar-refractivity contribution in [3.63, 3.8) is 0 Å². The third-order valence-electron chi connectivity index (χ3n) is 2.68. The molecule has 15 heavy (non-hydrogen) atoms. The lowest BCUT2D eigenvalue weighted by molar-refractivity contribution is 0.249. The Labute approximate surface area is 90.6 Å². The number of unbranched alkanes of at least 4 members (excludes halogenated alkanes) is 1. The van der Waals surface area contributed by atoms with E-state index in [1.54, 1.807) is 0 Å². The van der Waals surface area contributed by atoms with Crippen LogP contribution in [0.25, 0.3) is 0 Å². The van der Waals surface area contributed by atoms with Crippen molar-refractivity contribution < 1.29 is 4.79 Å². The monoisotopic (exact) mass is 209 g/mol. The molecule has 4 nitrogen and oxygen atoms in total. The van der Waals surface area contributed by atoms with Crippen LogP contribution < -0.4 is 11.2 Å². The second-order valence-electron chi connectivity index (χ2n) is 3.90. The van der Waals surface area contributed by atoms with E-state index in [-0.39, 0.29) is 0 Å². The van der Waals surface area contributed by atoms with Gasteiger partial charge in [-0.25, -0.2) is 10.2 Å². The molecular weight excluding hydrogens is 190 g/mol. The second kappa shape index (κ2) is 5.53. The van der Waals surface area contributed by atoms with Crippen molar-refractivity contribution in [2.24, 2.45) is 10.8 Å². The minimum absolute atomic E-state index is 0.595. The summed E-state index contributed by atoms with van der Waals surface area (Å²) in [5, 5.41) is 4.04. The molecule has 0 unspecified atom stereocenters. The summed E-state index contributed by atoms with van der Waals surface area (Å²) in [6.07, 6.45) is 5.38. The molecule has 0 aromatic heterocycles. The first-order valence-electron chi connectivity index (χ1n) is 5.46. The fourth-order valence-electron chi connectivity index (χ4n) is 1.81. The number of allylic oxidation sites excluding steroid dienone is 2. The molecule has 2 amide bonds. The van der Waals surface area contributed by atoms with Crippen LogP contribution in [0.1, 0.15) is 46.0 Å². The average Bonchev–Trinajstić information content (AvgIpc) is 2.53. The van der Waals surface area contributed by atoms with Gasteiger partial charge in [-0.2, -0.15) is 5.10 Å². The van der Waals surface area contributed by atoms with Gasteiger partial charge >= 0.3 is 6.03 Å². The predicted molar refractivity (Wildman–Crippen MR) is 61.6 cm³/mol. The number of hydrogen-bond donors (Lipinski definition) is 2. The van der Waals surface area contributed by atoms with Gasteiger partial charge in [0.15, 0.2) is 0 Å². The summed E-state index contributed by atoms with van der Waals surface area (Å²) in [6, 6.07) is -0.595. The van der Waals surface area contributed by atoms with Gasteiger partial charge in [-0.15, -0.1) is 0 Å². The summed E-state index contributed by atoms with van der Waals surface area (Å²) in [7, 11) is 0. The molecule has 0 heterocycles. The maximum Gasteiger partial charge on any atom is 0.332 e. The molecule has 0 bridgehead atoms. The molecule has 1 rings (SSSR count). The molecule has 84 valence electrons. The van der Waals surface area contributed by atoms with Gasteiger partial charge in [0.1, 0.15) is 0 Å². The van der Waals surface area contributed by atoms with Gasteiger partial charge in [0, 0.05) is 0 Å². The fraction of sp³-hybridized carbons (Fsp3) is 0.636. The quantitative estimate of drug-likeness (QED) is 0.685. The summed E-state index contributed by atoms with van der Waals surface area (Å²) in [5.74, 6) is 0. The Morgan fingerprint density at radius 3 is 2.87 bits per heavy atom. The van der Waals surface area contributed by atoms with Crippen LogP contribution in [0.5, 0.6) is 0 Å². The molecule has 4 heteroatoms. The number of hydrazone groups is 1. The van der Waals surface area contributed by atoms with Gasteiger partial charge < -0.3 is 5.73 Å². The van der Waals surface area contributed by atoms with E-state index in [0.717, 1.165) is 25.0 Å². The average molecular weight is 209 g/mol. The highest BCUT2D eigenvalue weighted by atomic mass is 16.2. The Kier molecular flexibility index (Phi) is 4.34. The van der Waals surface area contributed by atoms with Crippen molar-refractivity contribution in [2.45, 2.75) is 46.0 Å². The normalized spacial score (nSPS) is 18.7. The van der Waals surface area contributed by atoms with Crippen LogP contribution in [0, 0.1) is 0 Å². The third kappa shape index (κ3) is 3.38. The van der Waals surface area contributed by atoms with Crippen molar-refractivity contribution in [3.05, 3.63) is 11.1 Å². The Balaban J connectivity index is 2.65. The molecule has 0 aliphatic heterocycles. The van der Waals surface area contributed by atoms with Crippen LogP contribution in [0.15, 0.2) is 16.2 Å². The smallest absolute Gasteiger partial charge is 0.332 e. The Morgan fingerprint density at radius 1 is 1.53 bits per heavy atom. The van der Waals surface area contributed by atoms with E-state index in [9.17, 15) is 4.79 Å². The van der Waals surface area contributed by atoms with Crippen LogP contribution in [-0.4, -0.2) is 11.7 Å². The first-order valence-corrected chi connectivity index (χ1v) is 5.46. The third-order valence-corrected chi connectivity index (χ3v) is 2.68. The lowest BCUT2D eigenvalue weighted by Crippen LogP contribution is -2.25. The van der Waals surface area contributed by atoms with E-state index >= 15 is 0 Å². The van der Waals surface area contributed by atoms with Crippen LogP contribution in [0.4, 0.5) is 4.79 Å². The number of hydrogen-bond acceptors (Lipinski definition) is 2. The zero-order chi connectivity index (χ0) is 11.3. The molecule has 0 atom stereocenters. The lowest BCUT2D eigenvalue weighted by atomic mass is 10.0. The van der Waals surface area contributed by atoms with Gasteiger partial charge in [0.2, 0.25) is 0 Å². The summed E-state index contributed by atoms with van der Waals surface area (Å²) in [4.78, 5) is 10.5. The molecule has 0 radical (unpaired) electrons. The van der Waals surface area contributed by atoms with E-state index in [0.29, 0.717) is 0 Å². The molecule has 1 aliphatic carbocycles. The maximum absolute atomic E-state index is 10.5. The topological polar surface area (TPSA) is 67.5 Å². The van der Waals surface area contributed by atoms with Gasteiger partial charge in [0.25, 0.3) is 0 Å². The molecule has 1 aliphatic rings. The van der Waals surface area contributed by atoms with E-state index < -0.39 is 6.03 Å². The standard InChI is InChI=1S/C11H19N3O/c1-3-4-5-9-8(2)6-7-10(9)13-14-11(12)15/h3-7H2,1-2H3,(H3,12,14,15). The number of carbonyl (C=O) groups excluding carboxylic acids is 1. The zero-order valence-electron chi connectivity index (χ0n) is 9.47. The first-order chi connectivity index (χ1) is 7.15. The van der Waals surface area contributed by atoms with E-state index in [2.05, 4.69) is 24.4 Å². The minimum atomic E-state index is -0.595. The lowest BCUT2D eigenvalue weighted by Gasteiger charge is -2.05. The summed E-state index contributed by atoms with van der Waals surface area (Å²) >= 11 is 0. The summed E-state index contributed by atoms with van der Waals surface area (Å²) in [5.41, 5.74) is 11.0. The number of rotatable bonds is 4. The van der Waals surface area contributed by atoms with Crippen molar-refractivity contribution in [1.82, 2.24) is 5.43 Å². The van der Waals surface area contributed by atoms with Crippen molar-refractivity contribution in [1.29, 1.82) is 0 Å². The molecule has 0 aromatic carbocycles. The van der Waals surface area contributed by atoms with Gasteiger partial charge in [-0.05, 0) is 38.2 Å². The van der Waals surface area contributed by atoms with E-state index in [1.807, 2.05) is 0 Å². The molecule has 0 spiro atoms. The van der Waals surface area contributed by atoms with E-state index in [1.165, 1.54) is 24.0 Å². The van der Waals surface area contributed by atoms with Crippen molar-refractivity contribution >= 4 is 11.7 Å². The van der Waals surface area contributed by atoms with Crippen LogP contribution in [0.2, 0.25) is 0 Å².